The van der Waals surface area contributed by atoms with Gasteiger partial charge in [-0.05, 0) is 78.3 Å². The highest BCUT2D eigenvalue weighted by Gasteiger charge is 2.40. The minimum Gasteiger partial charge on any atom is -0.466 e. The van der Waals surface area contributed by atoms with Gasteiger partial charge in [-0.3, -0.25) is 9.59 Å². The van der Waals surface area contributed by atoms with E-state index in [0.717, 1.165) is 109 Å². The van der Waals surface area contributed by atoms with Crippen LogP contribution in [0.2, 0.25) is 0 Å². The molecule has 1 fully saturated rings. The van der Waals surface area contributed by atoms with E-state index in [-0.39, 0.29) is 24.1 Å². The molecule has 7 nitrogen and oxygen atoms in total. The summed E-state index contributed by atoms with van der Waals surface area (Å²) in [5.74, 6) is -0.485. The van der Waals surface area contributed by atoms with Gasteiger partial charge in [0.1, 0.15) is 6.10 Å². The third-order valence-corrected chi connectivity index (χ3v) is 11.8. The highest BCUT2D eigenvalue weighted by atomic mass is 16.7. The van der Waals surface area contributed by atoms with Crippen LogP contribution in [-0.4, -0.2) is 68.7 Å². The number of carbonyl (C=O) groups excluding carboxylic acids is 2. The van der Waals surface area contributed by atoms with Crippen molar-refractivity contribution in [3.05, 3.63) is 0 Å². The molecule has 7 heteroatoms. The summed E-state index contributed by atoms with van der Waals surface area (Å²) in [6.07, 6.45) is 41.1. The molecule has 56 heavy (non-hydrogen) atoms. The summed E-state index contributed by atoms with van der Waals surface area (Å²) in [6, 6.07) is 0. The highest BCUT2D eigenvalue weighted by molar-refractivity contribution is 5.69. The third-order valence-electron chi connectivity index (χ3n) is 11.8. The van der Waals surface area contributed by atoms with E-state index in [1.54, 1.807) is 0 Å². The molecule has 1 heterocycles. The van der Waals surface area contributed by atoms with Crippen LogP contribution in [-0.2, 0) is 28.5 Å². The largest absolute Gasteiger partial charge is 0.466 e. The number of nitrogens with zero attached hydrogens (tertiary/aromatic N) is 1. The molecule has 332 valence electrons. The third kappa shape index (κ3) is 31.8. The molecular weight excluding hydrogens is 699 g/mol. The van der Waals surface area contributed by atoms with Gasteiger partial charge in [-0.25, -0.2) is 0 Å². The molecular formula is C49H95NO6. The van der Waals surface area contributed by atoms with E-state index in [4.69, 9.17) is 18.9 Å². The maximum Gasteiger partial charge on any atom is 0.306 e. The quantitative estimate of drug-likeness (QED) is 0.0450. The van der Waals surface area contributed by atoms with Crippen molar-refractivity contribution >= 4 is 11.9 Å². The van der Waals surface area contributed by atoms with Gasteiger partial charge in [0.2, 0.25) is 0 Å². The Morgan fingerprint density at radius 3 is 1.50 bits per heavy atom. The maximum absolute atomic E-state index is 12.9. The minimum atomic E-state index is -0.468. The van der Waals surface area contributed by atoms with Crippen molar-refractivity contribution in [3.63, 3.8) is 0 Å². The van der Waals surface area contributed by atoms with Crippen molar-refractivity contribution < 1.29 is 28.5 Å². The van der Waals surface area contributed by atoms with Crippen molar-refractivity contribution in [3.8, 4) is 0 Å². The van der Waals surface area contributed by atoms with E-state index in [0.29, 0.717) is 26.1 Å². The van der Waals surface area contributed by atoms with Gasteiger partial charge in [-0.15, -0.1) is 0 Å². The molecule has 0 aliphatic carbocycles. The van der Waals surface area contributed by atoms with Crippen LogP contribution in [0.25, 0.3) is 0 Å². The van der Waals surface area contributed by atoms with Gasteiger partial charge in [0.25, 0.3) is 0 Å². The van der Waals surface area contributed by atoms with Gasteiger partial charge in [0.05, 0.1) is 19.3 Å². The van der Waals surface area contributed by atoms with Crippen LogP contribution >= 0.6 is 0 Å². The lowest BCUT2D eigenvalue weighted by molar-refractivity contribution is -0.180. The highest BCUT2D eigenvalue weighted by Crippen LogP contribution is 2.35. The van der Waals surface area contributed by atoms with Crippen LogP contribution in [0.3, 0.4) is 0 Å². The molecule has 0 radical (unpaired) electrons. The SMILES string of the molecule is CCCCCCCCCCC(=O)OCCCCCC[C@]1(CCCCCCCC(=O)OC(CCCCCCCC)CCCCCCCC)OCC(CCN(C)C)O1. The number of esters is 2. The van der Waals surface area contributed by atoms with Gasteiger partial charge in [0, 0.05) is 32.2 Å². The van der Waals surface area contributed by atoms with E-state index in [1.165, 1.54) is 116 Å². The molecule has 1 rings (SSSR count). The zero-order valence-electron chi connectivity index (χ0n) is 38.1. The molecule has 0 spiro atoms. The Balaban J connectivity index is 2.32. The lowest BCUT2D eigenvalue weighted by Gasteiger charge is -2.29. The van der Waals surface area contributed by atoms with Crippen LogP contribution in [0.1, 0.15) is 252 Å². The second kappa shape index (κ2) is 38.0. The second-order valence-corrected chi connectivity index (χ2v) is 17.7. The average Bonchev–Trinajstić information content (AvgIpc) is 3.59. The van der Waals surface area contributed by atoms with Crippen LogP contribution in [0.4, 0.5) is 0 Å². The first-order chi connectivity index (χ1) is 27.3. The van der Waals surface area contributed by atoms with Gasteiger partial charge >= 0.3 is 11.9 Å². The molecule has 0 N–H and O–H groups in total. The summed E-state index contributed by atoms with van der Waals surface area (Å²) >= 11 is 0. The van der Waals surface area contributed by atoms with Crippen LogP contribution in [0, 0.1) is 0 Å². The Labute approximate surface area is 348 Å². The molecule has 0 saturated carbocycles. The first-order valence-electron chi connectivity index (χ1n) is 24.7. The fraction of sp³-hybridized carbons (Fsp3) is 0.959. The molecule has 0 amide bonds. The first kappa shape index (κ1) is 52.8. The fourth-order valence-corrected chi connectivity index (χ4v) is 8.07. The number of hydrogen-bond donors (Lipinski definition) is 0. The van der Waals surface area contributed by atoms with Crippen LogP contribution < -0.4 is 0 Å². The molecule has 1 aliphatic rings. The predicted molar refractivity (Wildman–Crippen MR) is 236 cm³/mol. The summed E-state index contributed by atoms with van der Waals surface area (Å²) in [5.41, 5.74) is 0. The maximum atomic E-state index is 12.9. The Bertz CT molecular complexity index is 867. The molecule has 1 aliphatic heterocycles. The normalized spacial score (nSPS) is 17.0. The lowest BCUT2D eigenvalue weighted by atomic mass is 9.99. The lowest BCUT2D eigenvalue weighted by Crippen LogP contribution is -2.31. The first-order valence-corrected chi connectivity index (χ1v) is 24.7. The number of unbranched alkanes of at least 4 members (excludes halogenated alkanes) is 24. The smallest absolute Gasteiger partial charge is 0.306 e. The van der Waals surface area contributed by atoms with Gasteiger partial charge in [-0.2, -0.15) is 0 Å². The standard InChI is InChI=1S/C49H95NO6/c1-6-9-12-15-18-19-23-30-37-47(51)53-43-34-27-26-33-41-49(54-44-46(56-49)39-42-50(4)5)40-32-25-20-24-31-38-48(52)55-45(35-28-21-16-13-10-7-2)36-29-22-17-14-11-8-3/h45-46H,6-44H2,1-5H3/t46?,49-/m1/s1. The Hall–Kier alpha value is -1.18. The van der Waals surface area contributed by atoms with Crippen molar-refractivity contribution in [2.45, 2.75) is 270 Å². The summed E-state index contributed by atoms with van der Waals surface area (Å²) < 4.78 is 24.7. The van der Waals surface area contributed by atoms with Crippen LogP contribution in [0.5, 0.6) is 0 Å². The van der Waals surface area contributed by atoms with Crippen LogP contribution in [0.15, 0.2) is 0 Å². The zero-order valence-corrected chi connectivity index (χ0v) is 38.1. The Morgan fingerprint density at radius 1 is 0.571 bits per heavy atom. The van der Waals surface area contributed by atoms with Crippen molar-refractivity contribution in [1.29, 1.82) is 0 Å². The second-order valence-electron chi connectivity index (χ2n) is 17.7. The topological polar surface area (TPSA) is 74.3 Å². The summed E-state index contributed by atoms with van der Waals surface area (Å²) in [4.78, 5) is 27.2. The Kier molecular flexibility index (Phi) is 35.9. The molecule has 0 aromatic rings. The average molecular weight is 794 g/mol. The molecule has 0 bridgehead atoms. The van der Waals surface area contributed by atoms with Gasteiger partial charge in [0.15, 0.2) is 5.79 Å². The molecule has 0 aromatic carbocycles. The number of ether oxygens (including phenoxy) is 4. The van der Waals surface area contributed by atoms with E-state index in [9.17, 15) is 9.59 Å². The molecule has 0 aromatic heterocycles. The van der Waals surface area contributed by atoms with E-state index < -0.39 is 5.79 Å². The summed E-state index contributed by atoms with van der Waals surface area (Å²) in [6.45, 7) is 9.01. The molecule has 1 saturated heterocycles. The number of hydrogen-bond acceptors (Lipinski definition) is 7. The van der Waals surface area contributed by atoms with E-state index in [1.807, 2.05) is 0 Å². The Morgan fingerprint density at radius 2 is 1.00 bits per heavy atom. The zero-order chi connectivity index (χ0) is 40.8. The number of rotatable bonds is 42. The van der Waals surface area contributed by atoms with Crippen molar-refractivity contribution in [2.75, 3.05) is 33.9 Å². The van der Waals surface area contributed by atoms with Gasteiger partial charge < -0.3 is 23.8 Å². The van der Waals surface area contributed by atoms with E-state index >= 15 is 0 Å². The minimum absolute atomic E-state index is 0.0133. The monoisotopic (exact) mass is 794 g/mol. The fourth-order valence-electron chi connectivity index (χ4n) is 8.07. The number of carbonyl (C=O) groups is 2. The van der Waals surface area contributed by atoms with Crippen molar-refractivity contribution in [1.82, 2.24) is 4.90 Å². The van der Waals surface area contributed by atoms with Crippen molar-refractivity contribution in [2.24, 2.45) is 0 Å². The summed E-state index contributed by atoms with van der Waals surface area (Å²) in [7, 11) is 4.23. The van der Waals surface area contributed by atoms with Gasteiger partial charge in [-0.1, -0.05) is 162 Å². The molecule has 2 atom stereocenters. The van der Waals surface area contributed by atoms with E-state index in [2.05, 4.69) is 39.8 Å². The summed E-state index contributed by atoms with van der Waals surface area (Å²) in [5, 5.41) is 0. The predicted octanol–water partition coefficient (Wildman–Crippen LogP) is 14.2. The molecule has 1 unspecified atom stereocenters.